The molecule has 1 heterocycles. The molecule has 0 saturated carbocycles. The molecule has 0 unspecified atom stereocenters. The lowest BCUT2D eigenvalue weighted by atomic mass is 9.98. The number of rotatable bonds is 6. The minimum atomic E-state index is -1.24. The molecule has 0 bridgehead atoms. The van der Waals surface area contributed by atoms with E-state index in [0.717, 1.165) is 22.3 Å². The number of para-hydroxylation sites is 1. The fourth-order valence-electron chi connectivity index (χ4n) is 5.20. The van der Waals surface area contributed by atoms with E-state index in [-0.39, 0.29) is 24.4 Å². The van der Waals surface area contributed by atoms with E-state index in [1.807, 2.05) is 48.5 Å². The van der Waals surface area contributed by atoms with Crippen LogP contribution in [0.15, 0.2) is 100 Å². The molecular formula is C31H23NO6. The van der Waals surface area contributed by atoms with Crippen molar-refractivity contribution in [1.82, 2.24) is 5.32 Å². The van der Waals surface area contributed by atoms with E-state index in [1.54, 1.807) is 42.5 Å². The van der Waals surface area contributed by atoms with Crippen LogP contribution >= 0.6 is 0 Å². The molecule has 1 amide bonds. The summed E-state index contributed by atoms with van der Waals surface area (Å²) in [5.74, 6) is -1.34. The molecule has 6 rings (SSSR count). The number of carboxylic acid groups (broad SMARTS) is 1. The van der Waals surface area contributed by atoms with E-state index in [1.165, 1.54) is 0 Å². The Labute approximate surface area is 217 Å². The zero-order valence-electron chi connectivity index (χ0n) is 20.2. The van der Waals surface area contributed by atoms with Gasteiger partial charge in [-0.15, -0.1) is 0 Å². The van der Waals surface area contributed by atoms with Gasteiger partial charge in [0.2, 0.25) is 5.43 Å². The molecule has 1 aliphatic carbocycles. The Kier molecular flexibility index (Phi) is 5.88. The number of carboxylic acids is 1. The number of benzene rings is 4. The van der Waals surface area contributed by atoms with Gasteiger partial charge in [0.05, 0.1) is 10.8 Å². The van der Waals surface area contributed by atoms with Crippen LogP contribution in [0.2, 0.25) is 0 Å². The smallest absolute Gasteiger partial charge is 0.407 e. The van der Waals surface area contributed by atoms with Crippen LogP contribution in [0.1, 0.15) is 22.6 Å². The van der Waals surface area contributed by atoms with Crippen molar-refractivity contribution in [3.63, 3.8) is 0 Å². The molecule has 0 aliphatic heterocycles. The highest BCUT2D eigenvalue weighted by atomic mass is 16.5. The molecule has 0 saturated heterocycles. The largest absolute Gasteiger partial charge is 0.480 e. The molecule has 1 aliphatic rings. The van der Waals surface area contributed by atoms with E-state index in [0.29, 0.717) is 27.5 Å². The van der Waals surface area contributed by atoms with E-state index >= 15 is 0 Å². The summed E-state index contributed by atoms with van der Waals surface area (Å²) in [6, 6.07) is 26.6. The second kappa shape index (κ2) is 9.52. The number of hydrogen-bond acceptors (Lipinski definition) is 5. The van der Waals surface area contributed by atoms with Gasteiger partial charge in [0.25, 0.3) is 0 Å². The number of carbonyl (C=O) groups excluding carboxylic acids is 1. The summed E-state index contributed by atoms with van der Waals surface area (Å²) in [4.78, 5) is 37.6. The predicted octanol–water partition coefficient (Wildman–Crippen LogP) is 5.48. The first-order valence-electron chi connectivity index (χ1n) is 12.3. The Morgan fingerprint density at radius 3 is 2.18 bits per heavy atom. The first kappa shape index (κ1) is 23.5. The van der Waals surface area contributed by atoms with Gasteiger partial charge in [-0.2, -0.15) is 0 Å². The average Bonchev–Trinajstić information content (AvgIpc) is 3.25. The summed E-state index contributed by atoms with van der Waals surface area (Å²) in [5.41, 5.74) is 5.62. The normalized spacial score (nSPS) is 13.2. The first-order valence-corrected chi connectivity index (χ1v) is 12.3. The van der Waals surface area contributed by atoms with Crippen molar-refractivity contribution in [2.45, 2.75) is 18.4 Å². The van der Waals surface area contributed by atoms with E-state index in [9.17, 15) is 19.5 Å². The summed E-state index contributed by atoms with van der Waals surface area (Å²) in [7, 11) is 0. The third-order valence-corrected chi connectivity index (χ3v) is 7.01. The minimum absolute atomic E-state index is 0.0261. The van der Waals surface area contributed by atoms with E-state index < -0.39 is 18.1 Å². The Balaban J connectivity index is 1.18. The highest BCUT2D eigenvalue weighted by Gasteiger charge is 2.30. The van der Waals surface area contributed by atoms with Crippen molar-refractivity contribution < 1.29 is 23.8 Å². The van der Waals surface area contributed by atoms with Gasteiger partial charge in [0.1, 0.15) is 23.8 Å². The van der Waals surface area contributed by atoms with Crippen molar-refractivity contribution >= 4 is 34.0 Å². The first-order chi connectivity index (χ1) is 18.5. The molecule has 5 aromatic rings. The quantitative estimate of drug-likeness (QED) is 0.296. The van der Waals surface area contributed by atoms with Gasteiger partial charge in [0, 0.05) is 12.3 Å². The second-order valence-corrected chi connectivity index (χ2v) is 9.32. The number of hydrogen-bond donors (Lipinski definition) is 2. The van der Waals surface area contributed by atoms with Crippen LogP contribution in [-0.4, -0.2) is 29.8 Å². The van der Waals surface area contributed by atoms with Crippen LogP contribution in [-0.2, 0) is 16.0 Å². The average molecular weight is 506 g/mol. The Morgan fingerprint density at radius 1 is 0.842 bits per heavy atom. The summed E-state index contributed by atoms with van der Waals surface area (Å²) < 4.78 is 11.3. The maximum atomic E-state index is 13.0. The van der Waals surface area contributed by atoms with Gasteiger partial charge in [-0.1, -0.05) is 66.7 Å². The number of aliphatic carboxylic acids is 1. The fourth-order valence-corrected chi connectivity index (χ4v) is 5.20. The Morgan fingerprint density at radius 2 is 1.47 bits per heavy atom. The predicted molar refractivity (Wildman–Crippen MR) is 143 cm³/mol. The number of alkyl carbamates (subject to hydrolysis) is 1. The Hall–Kier alpha value is -4.91. The minimum Gasteiger partial charge on any atom is -0.480 e. The molecule has 188 valence electrons. The van der Waals surface area contributed by atoms with E-state index in [4.69, 9.17) is 9.15 Å². The lowest BCUT2D eigenvalue weighted by Gasteiger charge is -2.17. The fraction of sp³-hybridized carbons (Fsp3) is 0.129. The monoisotopic (exact) mass is 505 g/mol. The van der Waals surface area contributed by atoms with Crippen LogP contribution in [0.25, 0.3) is 33.1 Å². The standard InChI is InChI=1S/C31H23NO6/c33-29-23-11-5-6-12-27(23)38-28-14-13-18(15-24(28)29)16-26(30(34)35)32-31(36)37-17-25-21-9-3-1-7-19(21)20-8-2-4-10-22(20)25/h1-15,25-26H,16-17H2,(H,32,36)(H,34,35)/t26-/m0/s1. The highest BCUT2D eigenvalue weighted by molar-refractivity contribution is 5.90. The van der Waals surface area contributed by atoms with Crippen molar-refractivity contribution in [3.8, 4) is 11.1 Å². The Bertz CT molecular complexity index is 1730. The van der Waals surface area contributed by atoms with Gasteiger partial charge < -0.3 is 19.6 Å². The number of amides is 1. The lowest BCUT2D eigenvalue weighted by Crippen LogP contribution is -2.42. The third kappa shape index (κ3) is 4.18. The molecule has 2 N–H and O–H groups in total. The maximum Gasteiger partial charge on any atom is 0.407 e. The van der Waals surface area contributed by atoms with E-state index in [2.05, 4.69) is 5.32 Å². The molecule has 7 heteroatoms. The van der Waals surface area contributed by atoms with Gasteiger partial charge in [-0.25, -0.2) is 9.59 Å². The lowest BCUT2D eigenvalue weighted by molar-refractivity contribution is -0.139. The van der Waals surface area contributed by atoms with Crippen molar-refractivity contribution in [2.24, 2.45) is 0 Å². The maximum absolute atomic E-state index is 13.0. The number of nitrogens with one attached hydrogen (secondary N) is 1. The van der Waals surface area contributed by atoms with Crippen molar-refractivity contribution in [3.05, 3.63) is 118 Å². The molecule has 38 heavy (non-hydrogen) atoms. The summed E-state index contributed by atoms with van der Waals surface area (Å²) in [5, 5.41) is 13.1. The van der Waals surface area contributed by atoms with Gasteiger partial charge in [0.15, 0.2) is 0 Å². The molecule has 0 spiro atoms. The van der Waals surface area contributed by atoms with Gasteiger partial charge in [-0.05, 0) is 52.1 Å². The molecular weight excluding hydrogens is 482 g/mol. The van der Waals surface area contributed by atoms with Crippen LogP contribution in [0.4, 0.5) is 4.79 Å². The highest BCUT2D eigenvalue weighted by Crippen LogP contribution is 2.44. The zero-order chi connectivity index (χ0) is 26.2. The van der Waals surface area contributed by atoms with Crippen LogP contribution < -0.4 is 10.7 Å². The molecule has 0 fully saturated rings. The van der Waals surface area contributed by atoms with Crippen LogP contribution in [0.5, 0.6) is 0 Å². The van der Waals surface area contributed by atoms with Crippen molar-refractivity contribution in [2.75, 3.05) is 6.61 Å². The number of fused-ring (bicyclic) bond motifs is 5. The summed E-state index contributed by atoms with van der Waals surface area (Å²) in [6.07, 6.45) is -0.840. The second-order valence-electron chi connectivity index (χ2n) is 9.32. The number of ether oxygens (including phenoxy) is 1. The summed E-state index contributed by atoms with van der Waals surface area (Å²) in [6.45, 7) is 0.0797. The van der Waals surface area contributed by atoms with Gasteiger partial charge in [-0.3, -0.25) is 4.79 Å². The SMILES string of the molecule is O=C(N[C@@H](Cc1ccc2oc3ccccc3c(=O)c2c1)C(=O)O)OCC1c2ccccc2-c2ccccc21. The molecule has 7 nitrogen and oxygen atoms in total. The van der Waals surface area contributed by atoms with Crippen LogP contribution in [0, 0.1) is 0 Å². The third-order valence-electron chi connectivity index (χ3n) is 7.01. The number of carbonyl (C=O) groups is 2. The zero-order valence-corrected chi connectivity index (χ0v) is 20.2. The topological polar surface area (TPSA) is 106 Å². The summed E-state index contributed by atoms with van der Waals surface area (Å²) >= 11 is 0. The van der Waals surface area contributed by atoms with Crippen molar-refractivity contribution in [1.29, 1.82) is 0 Å². The molecule has 1 atom stereocenters. The van der Waals surface area contributed by atoms with Crippen LogP contribution in [0.3, 0.4) is 0 Å². The molecule has 4 aromatic carbocycles. The molecule has 0 radical (unpaired) electrons. The molecule has 1 aromatic heterocycles. The van der Waals surface area contributed by atoms with Gasteiger partial charge >= 0.3 is 12.1 Å².